The summed E-state index contributed by atoms with van der Waals surface area (Å²) in [5.74, 6) is 1.09. The van der Waals surface area contributed by atoms with Gasteiger partial charge in [0.2, 0.25) is 5.91 Å². The van der Waals surface area contributed by atoms with E-state index in [0.717, 1.165) is 28.5 Å². The Morgan fingerprint density at radius 2 is 2.15 bits per heavy atom. The van der Waals surface area contributed by atoms with Gasteiger partial charge in [-0.15, -0.1) is 28.1 Å². The molecule has 7 heteroatoms. The van der Waals surface area contributed by atoms with Crippen molar-refractivity contribution in [1.82, 2.24) is 20.1 Å². The molecule has 2 heterocycles. The molecule has 27 heavy (non-hydrogen) atoms. The van der Waals surface area contributed by atoms with Crippen LogP contribution in [0, 0.1) is 0 Å². The number of hydrogen-bond acceptors (Lipinski definition) is 5. The number of aryl methyl sites for hydroxylation is 1. The van der Waals surface area contributed by atoms with Crippen molar-refractivity contribution in [1.29, 1.82) is 0 Å². The number of allylic oxidation sites excluding steroid dienone is 1. The minimum Gasteiger partial charge on any atom is -0.351 e. The van der Waals surface area contributed by atoms with Crippen LogP contribution >= 0.6 is 23.1 Å². The molecule has 0 aliphatic rings. The number of hydrogen-bond donors (Lipinski definition) is 1. The number of carbonyl (C=O) groups is 1. The molecule has 0 saturated heterocycles. The van der Waals surface area contributed by atoms with E-state index in [1.807, 2.05) is 41.0 Å². The number of thioether (sulfide) groups is 1. The van der Waals surface area contributed by atoms with Gasteiger partial charge in [-0.05, 0) is 18.1 Å². The number of benzene rings is 1. The summed E-state index contributed by atoms with van der Waals surface area (Å²) < 4.78 is 2.00. The summed E-state index contributed by atoms with van der Waals surface area (Å²) in [6.07, 6.45) is 2.82. The molecule has 0 saturated carbocycles. The summed E-state index contributed by atoms with van der Waals surface area (Å²) in [6.45, 7) is 7.10. The molecule has 0 bridgehead atoms. The maximum Gasteiger partial charge on any atom is 0.230 e. The van der Waals surface area contributed by atoms with Crippen molar-refractivity contribution in [2.75, 3.05) is 5.75 Å². The first-order valence-electron chi connectivity index (χ1n) is 8.76. The Labute approximate surface area is 167 Å². The van der Waals surface area contributed by atoms with Crippen LogP contribution in [0.2, 0.25) is 0 Å². The van der Waals surface area contributed by atoms with Gasteiger partial charge in [-0.1, -0.05) is 55.1 Å². The number of nitrogens with zero attached hydrogens (tertiary/aromatic N) is 3. The van der Waals surface area contributed by atoms with Crippen molar-refractivity contribution in [3.63, 3.8) is 0 Å². The Kier molecular flexibility index (Phi) is 6.84. The zero-order chi connectivity index (χ0) is 19.1. The number of rotatable bonds is 9. The van der Waals surface area contributed by atoms with Crippen LogP contribution in [-0.2, 0) is 24.3 Å². The Hall–Kier alpha value is -2.38. The standard InChI is InChI=1S/C20H22N4OS2/c1-3-10-24-19(16-11-17(4-2)26-13-16)22-23-20(24)27-14-18(25)21-12-15-8-6-5-7-9-15/h3,5-9,11,13H,1,4,10,12,14H2,2H3,(H,21,25). The summed E-state index contributed by atoms with van der Waals surface area (Å²) in [5, 5.41) is 14.4. The molecule has 0 aliphatic heterocycles. The van der Waals surface area contributed by atoms with Crippen molar-refractivity contribution in [3.05, 3.63) is 64.9 Å². The van der Waals surface area contributed by atoms with Gasteiger partial charge < -0.3 is 5.32 Å². The van der Waals surface area contributed by atoms with Crippen molar-refractivity contribution >= 4 is 29.0 Å². The van der Waals surface area contributed by atoms with Crippen molar-refractivity contribution in [3.8, 4) is 11.4 Å². The van der Waals surface area contributed by atoms with Gasteiger partial charge in [0.1, 0.15) is 0 Å². The molecule has 140 valence electrons. The largest absolute Gasteiger partial charge is 0.351 e. The Morgan fingerprint density at radius 3 is 2.85 bits per heavy atom. The Morgan fingerprint density at radius 1 is 1.33 bits per heavy atom. The fourth-order valence-electron chi connectivity index (χ4n) is 2.56. The molecule has 3 aromatic rings. The highest BCUT2D eigenvalue weighted by Crippen LogP contribution is 2.28. The quantitative estimate of drug-likeness (QED) is 0.434. The second-order valence-corrected chi connectivity index (χ2v) is 7.85. The minimum absolute atomic E-state index is 0.0256. The first kappa shape index (κ1) is 19.4. The van der Waals surface area contributed by atoms with E-state index >= 15 is 0 Å². The first-order valence-corrected chi connectivity index (χ1v) is 10.6. The number of thiophene rings is 1. The van der Waals surface area contributed by atoms with E-state index in [0.29, 0.717) is 18.8 Å². The molecule has 0 unspecified atom stereocenters. The highest BCUT2D eigenvalue weighted by atomic mass is 32.2. The third-order valence-corrected chi connectivity index (χ3v) is 6.00. The van der Waals surface area contributed by atoms with E-state index in [1.54, 1.807) is 11.3 Å². The van der Waals surface area contributed by atoms with Crippen LogP contribution in [0.4, 0.5) is 0 Å². The Bertz CT molecular complexity index is 902. The molecule has 5 nitrogen and oxygen atoms in total. The Balaban J connectivity index is 1.64. The highest BCUT2D eigenvalue weighted by molar-refractivity contribution is 7.99. The van der Waals surface area contributed by atoms with Gasteiger partial charge in [0.15, 0.2) is 11.0 Å². The lowest BCUT2D eigenvalue weighted by Gasteiger charge is -2.07. The minimum atomic E-state index is -0.0256. The zero-order valence-electron chi connectivity index (χ0n) is 15.2. The molecule has 0 spiro atoms. The van der Waals surface area contributed by atoms with Gasteiger partial charge in [-0.2, -0.15) is 0 Å². The summed E-state index contributed by atoms with van der Waals surface area (Å²) in [6, 6.07) is 12.0. The highest BCUT2D eigenvalue weighted by Gasteiger charge is 2.16. The number of nitrogens with one attached hydrogen (secondary N) is 1. The second kappa shape index (κ2) is 9.53. The van der Waals surface area contributed by atoms with Crippen LogP contribution in [-0.4, -0.2) is 26.4 Å². The van der Waals surface area contributed by atoms with Gasteiger partial charge in [0, 0.05) is 28.9 Å². The number of aromatic nitrogens is 3. The molecule has 1 amide bonds. The number of carbonyl (C=O) groups excluding carboxylic acids is 1. The predicted molar refractivity (Wildman–Crippen MR) is 112 cm³/mol. The molecule has 0 fully saturated rings. The normalized spacial score (nSPS) is 10.7. The average molecular weight is 399 g/mol. The van der Waals surface area contributed by atoms with Crippen LogP contribution in [0.3, 0.4) is 0 Å². The van der Waals surface area contributed by atoms with Gasteiger partial charge in [-0.3, -0.25) is 9.36 Å². The monoisotopic (exact) mass is 398 g/mol. The molecule has 0 radical (unpaired) electrons. The lowest BCUT2D eigenvalue weighted by molar-refractivity contribution is -0.118. The lowest BCUT2D eigenvalue weighted by atomic mass is 10.2. The van der Waals surface area contributed by atoms with E-state index in [2.05, 4.69) is 40.5 Å². The molecule has 3 rings (SSSR count). The second-order valence-electron chi connectivity index (χ2n) is 5.91. The van der Waals surface area contributed by atoms with Crippen molar-refractivity contribution < 1.29 is 4.79 Å². The topological polar surface area (TPSA) is 59.8 Å². The van der Waals surface area contributed by atoms with Crippen LogP contribution < -0.4 is 5.32 Å². The first-order chi connectivity index (χ1) is 13.2. The molecular weight excluding hydrogens is 376 g/mol. The van der Waals surface area contributed by atoms with Crippen molar-refractivity contribution in [2.45, 2.75) is 31.6 Å². The SMILES string of the molecule is C=CCn1c(SCC(=O)NCc2ccccc2)nnc1-c1csc(CC)c1. The molecule has 0 aliphatic carbocycles. The smallest absolute Gasteiger partial charge is 0.230 e. The molecule has 2 aromatic heterocycles. The lowest BCUT2D eigenvalue weighted by Crippen LogP contribution is -2.24. The predicted octanol–water partition coefficient (Wildman–Crippen LogP) is 4.16. The molecule has 1 N–H and O–H groups in total. The fourth-order valence-corrected chi connectivity index (χ4v) is 4.15. The van der Waals surface area contributed by atoms with Crippen LogP contribution in [0.1, 0.15) is 17.4 Å². The van der Waals surface area contributed by atoms with Gasteiger partial charge in [0.05, 0.1) is 5.75 Å². The van der Waals surface area contributed by atoms with Crippen molar-refractivity contribution in [2.24, 2.45) is 0 Å². The van der Waals surface area contributed by atoms with Gasteiger partial charge in [0.25, 0.3) is 0 Å². The van der Waals surface area contributed by atoms with E-state index in [1.165, 1.54) is 16.6 Å². The molecule has 0 atom stereocenters. The molecular formula is C20H22N4OS2. The third-order valence-electron chi connectivity index (χ3n) is 3.95. The zero-order valence-corrected chi connectivity index (χ0v) is 16.9. The number of amides is 1. The van der Waals surface area contributed by atoms with Crippen LogP contribution in [0.15, 0.2) is 59.6 Å². The summed E-state index contributed by atoms with van der Waals surface area (Å²) >= 11 is 3.12. The van der Waals surface area contributed by atoms with Crippen LogP contribution in [0.5, 0.6) is 0 Å². The summed E-state index contributed by atoms with van der Waals surface area (Å²) in [4.78, 5) is 13.5. The average Bonchev–Trinajstić information content (AvgIpc) is 3.32. The van der Waals surface area contributed by atoms with Gasteiger partial charge in [-0.25, -0.2) is 0 Å². The van der Waals surface area contributed by atoms with E-state index < -0.39 is 0 Å². The van der Waals surface area contributed by atoms with E-state index in [9.17, 15) is 4.79 Å². The van der Waals surface area contributed by atoms with Crippen LogP contribution in [0.25, 0.3) is 11.4 Å². The summed E-state index contributed by atoms with van der Waals surface area (Å²) in [7, 11) is 0. The maximum atomic E-state index is 12.2. The summed E-state index contributed by atoms with van der Waals surface area (Å²) in [5.41, 5.74) is 2.14. The van der Waals surface area contributed by atoms with E-state index in [-0.39, 0.29) is 5.91 Å². The third kappa shape index (κ3) is 5.08. The molecule has 1 aromatic carbocycles. The maximum absolute atomic E-state index is 12.2. The van der Waals surface area contributed by atoms with E-state index in [4.69, 9.17) is 0 Å². The fraction of sp³-hybridized carbons (Fsp3) is 0.250. The van der Waals surface area contributed by atoms with Gasteiger partial charge >= 0.3 is 0 Å².